The van der Waals surface area contributed by atoms with Gasteiger partial charge in [-0.25, -0.2) is 0 Å². The maximum atomic E-state index is 12.6. The number of carbonyl (C=O) groups excluding carboxylic acids is 1. The molecule has 134 valence electrons. The topological polar surface area (TPSA) is 29.1 Å². The van der Waals surface area contributed by atoms with Crippen LogP contribution < -0.4 is 5.32 Å². The monoisotopic (exact) mass is 375 g/mol. The van der Waals surface area contributed by atoms with Crippen molar-refractivity contribution >= 4 is 29.3 Å². The van der Waals surface area contributed by atoms with Crippen molar-refractivity contribution in [1.82, 2.24) is 5.32 Å². The average molecular weight is 376 g/mol. The van der Waals surface area contributed by atoms with E-state index in [2.05, 4.69) is 37.4 Å². The molecule has 0 aliphatic carbocycles. The van der Waals surface area contributed by atoms with E-state index in [1.54, 1.807) is 11.8 Å². The first-order chi connectivity index (χ1) is 12.1. The van der Waals surface area contributed by atoms with Crippen LogP contribution in [0.25, 0.3) is 0 Å². The molecular weight excluding hydrogens is 350 g/mol. The summed E-state index contributed by atoms with van der Waals surface area (Å²) in [6.45, 7) is 6.94. The van der Waals surface area contributed by atoms with Gasteiger partial charge in [-0.1, -0.05) is 50.6 Å². The number of aryl methyl sites for hydroxylation is 2. The molecule has 0 aliphatic heterocycles. The molecule has 0 heterocycles. The molecule has 2 aromatic carbocycles. The van der Waals surface area contributed by atoms with E-state index in [-0.39, 0.29) is 11.2 Å². The molecule has 2 rings (SSSR count). The Labute approximate surface area is 160 Å². The van der Waals surface area contributed by atoms with Gasteiger partial charge in [-0.3, -0.25) is 4.79 Å². The fourth-order valence-electron chi connectivity index (χ4n) is 2.70. The number of hydrogen-bond acceptors (Lipinski definition) is 2. The third kappa shape index (κ3) is 5.79. The van der Waals surface area contributed by atoms with Gasteiger partial charge < -0.3 is 5.32 Å². The van der Waals surface area contributed by atoms with Crippen molar-refractivity contribution in [2.45, 2.75) is 56.7 Å². The Morgan fingerprint density at radius 2 is 1.76 bits per heavy atom. The molecule has 0 saturated carbocycles. The van der Waals surface area contributed by atoms with Crippen LogP contribution in [0.2, 0.25) is 5.02 Å². The van der Waals surface area contributed by atoms with Crippen LogP contribution in [0.5, 0.6) is 0 Å². The van der Waals surface area contributed by atoms with E-state index in [1.807, 2.05) is 31.2 Å². The van der Waals surface area contributed by atoms with E-state index in [9.17, 15) is 4.79 Å². The van der Waals surface area contributed by atoms with E-state index in [1.165, 1.54) is 16.7 Å². The van der Waals surface area contributed by atoms with Crippen LogP contribution in [0.3, 0.4) is 0 Å². The van der Waals surface area contributed by atoms with E-state index in [4.69, 9.17) is 11.6 Å². The van der Waals surface area contributed by atoms with Gasteiger partial charge in [-0.2, -0.15) is 0 Å². The standard InChI is InChI=1S/C21H26ClNOS/c1-4-15-7-8-16(5-2)17(13-15)14-23-21(24)20(6-3)25-19-11-9-18(22)10-12-19/h7-13,20H,4-6,14H2,1-3H3,(H,23,24). The lowest BCUT2D eigenvalue weighted by atomic mass is 10.0. The van der Waals surface area contributed by atoms with Crippen molar-refractivity contribution in [3.05, 3.63) is 64.2 Å². The highest BCUT2D eigenvalue weighted by molar-refractivity contribution is 8.00. The third-order valence-corrected chi connectivity index (χ3v) is 5.90. The molecular formula is C21H26ClNOS. The van der Waals surface area contributed by atoms with Gasteiger partial charge in [0.1, 0.15) is 0 Å². The zero-order valence-corrected chi connectivity index (χ0v) is 16.7. The maximum Gasteiger partial charge on any atom is 0.233 e. The molecule has 1 unspecified atom stereocenters. The van der Waals surface area contributed by atoms with Gasteiger partial charge in [-0.05, 0) is 60.2 Å². The number of hydrogen-bond donors (Lipinski definition) is 1. The molecule has 0 bridgehead atoms. The zero-order valence-electron chi connectivity index (χ0n) is 15.1. The Kier molecular flexibility index (Phi) is 7.86. The highest BCUT2D eigenvalue weighted by Crippen LogP contribution is 2.27. The molecule has 0 spiro atoms. The van der Waals surface area contributed by atoms with Gasteiger partial charge in [0.15, 0.2) is 0 Å². The SMILES string of the molecule is CCc1ccc(CC)c(CNC(=O)C(CC)Sc2ccc(Cl)cc2)c1. The van der Waals surface area contributed by atoms with Crippen molar-refractivity contribution < 1.29 is 4.79 Å². The summed E-state index contributed by atoms with van der Waals surface area (Å²) in [6, 6.07) is 14.2. The van der Waals surface area contributed by atoms with Crippen molar-refractivity contribution in [3.63, 3.8) is 0 Å². The van der Waals surface area contributed by atoms with E-state index in [0.717, 1.165) is 24.2 Å². The van der Waals surface area contributed by atoms with Crippen LogP contribution in [-0.4, -0.2) is 11.2 Å². The maximum absolute atomic E-state index is 12.6. The van der Waals surface area contributed by atoms with Gasteiger partial charge in [0.05, 0.1) is 5.25 Å². The van der Waals surface area contributed by atoms with Crippen molar-refractivity contribution in [2.75, 3.05) is 0 Å². The Morgan fingerprint density at radius 1 is 1.04 bits per heavy atom. The van der Waals surface area contributed by atoms with Crippen LogP contribution >= 0.6 is 23.4 Å². The number of nitrogens with one attached hydrogen (secondary N) is 1. The minimum Gasteiger partial charge on any atom is -0.351 e. The Balaban J connectivity index is 2.01. The third-order valence-electron chi connectivity index (χ3n) is 4.27. The molecule has 1 amide bonds. The molecule has 25 heavy (non-hydrogen) atoms. The van der Waals surface area contributed by atoms with Crippen LogP contribution in [0.1, 0.15) is 43.9 Å². The molecule has 1 atom stereocenters. The molecule has 0 radical (unpaired) electrons. The number of rotatable bonds is 8. The second-order valence-corrected chi connectivity index (χ2v) is 7.71. The second kappa shape index (κ2) is 9.88. The van der Waals surface area contributed by atoms with Gasteiger partial charge in [0.25, 0.3) is 0 Å². The Morgan fingerprint density at radius 3 is 2.36 bits per heavy atom. The number of carbonyl (C=O) groups is 1. The summed E-state index contributed by atoms with van der Waals surface area (Å²) in [7, 11) is 0. The van der Waals surface area contributed by atoms with Crippen LogP contribution in [-0.2, 0) is 24.2 Å². The summed E-state index contributed by atoms with van der Waals surface area (Å²) in [4.78, 5) is 13.7. The summed E-state index contributed by atoms with van der Waals surface area (Å²) < 4.78 is 0. The van der Waals surface area contributed by atoms with Crippen LogP contribution in [0, 0.1) is 0 Å². The largest absolute Gasteiger partial charge is 0.351 e. The van der Waals surface area contributed by atoms with E-state index >= 15 is 0 Å². The molecule has 0 fully saturated rings. The van der Waals surface area contributed by atoms with Crippen LogP contribution in [0.15, 0.2) is 47.4 Å². The predicted molar refractivity (Wildman–Crippen MR) is 108 cm³/mol. The van der Waals surface area contributed by atoms with Crippen molar-refractivity contribution in [1.29, 1.82) is 0 Å². The van der Waals surface area contributed by atoms with Gasteiger partial charge in [0.2, 0.25) is 5.91 Å². The fourth-order valence-corrected chi connectivity index (χ4v) is 3.81. The summed E-state index contributed by atoms with van der Waals surface area (Å²) in [5, 5.41) is 3.74. The average Bonchev–Trinajstić information content (AvgIpc) is 2.65. The molecule has 0 aromatic heterocycles. The first-order valence-corrected chi connectivity index (χ1v) is 10.1. The van der Waals surface area contributed by atoms with Gasteiger partial charge in [-0.15, -0.1) is 11.8 Å². The fraction of sp³-hybridized carbons (Fsp3) is 0.381. The quantitative estimate of drug-likeness (QED) is 0.604. The van der Waals surface area contributed by atoms with E-state index in [0.29, 0.717) is 11.6 Å². The minimum absolute atomic E-state index is 0.0893. The first kappa shape index (κ1) is 19.9. The lowest BCUT2D eigenvalue weighted by molar-refractivity contribution is -0.120. The first-order valence-electron chi connectivity index (χ1n) is 8.87. The van der Waals surface area contributed by atoms with Crippen molar-refractivity contribution in [2.24, 2.45) is 0 Å². The zero-order chi connectivity index (χ0) is 18.2. The molecule has 2 nitrogen and oxygen atoms in total. The molecule has 1 N–H and O–H groups in total. The highest BCUT2D eigenvalue weighted by Gasteiger charge is 2.18. The molecule has 0 saturated heterocycles. The number of thioether (sulfide) groups is 1. The summed E-state index contributed by atoms with van der Waals surface area (Å²) in [5.74, 6) is 0.0893. The summed E-state index contributed by atoms with van der Waals surface area (Å²) in [6.07, 6.45) is 2.77. The predicted octanol–water partition coefficient (Wildman–Crippen LogP) is 5.65. The van der Waals surface area contributed by atoms with Gasteiger partial charge in [0, 0.05) is 16.5 Å². The molecule has 0 aliphatic rings. The smallest absolute Gasteiger partial charge is 0.233 e. The number of benzene rings is 2. The lowest BCUT2D eigenvalue weighted by Gasteiger charge is -2.16. The Hall–Kier alpha value is -1.45. The summed E-state index contributed by atoms with van der Waals surface area (Å²) >= 11 is 7.51. The number of halogens is 1. The molecule has 4 heteroatoms. The minimum atomic E-state index is -0.0967. The highest BCUT2D eigenvalue weighted by atomic mass is 35.5. The second-order valence-electron chi connectivity index (χ2n) is 6.00. The van der Waals surface area contributed by atoms with Crippen LogP contribution in [0.4, 0.5) is 0 Å². The lowest BCUT2D eigenvalue weighted by Crippen LogP contribution is -2.32. The Bertz CT molecular complexity index is 700. The number of amides is 1. The summed E-state index contributed by atoms with van der Waals surface area (Å²) in [5.41, 5.74) is 3.83. The molecule has 2 aromatic rings. The normalized spacial score (nSPS) is 12.0. The van der Waals surface area contributed by atoms with Gasteiger partial charge >= 0.3 is 0 Å². The van der Waals surface area contributed by atoms with Crippen molar-refractivity contribution in [3.8, 4) is 0 Å². The van der Waals surface area contributed by atoms with E-state index < -0.39 is 0 Å².